The van der Waals surface area contributed by atoms with Gasteiger partial charge in [0, 0.05) is 22.8 Å². The second-order valence-electron chi connectivity index (χ2n) is 14.0. The van der Waals surface area contributed by atoms with E-state index in [2.05, 4.69) is 92.0 Å². The van der Waals surface area contributed by atoms with Gasteiger partial charge in [-0.3, -0.25) is 0 Å². The molecule has 0 spiro atoms. The summed E-state index contributed by atoms with van der Waals surface area (Å²) >= 11 is 0.832. The molecule has 3 heteroatoms. The standard InChI is InChI=1S/C40H60N2.2C3H5.Pd/c1-8-11-14-16-18-20-23-37-30(4)25-35(26-31(37)5)39-29-34(22-13-10-3)40(42(39)41)36-27-32(6)38(33(7)28-36)24-21-19-17-15-12-9-2;2*1-3-2;/h25-29H,8-24H2,1-7H3;2*3H,1-2H2;. The zero-order valence-electron chi connectivity index (χ0n) is 32.6. The number of hydrogen-bond acceptors (Lipinski definition) is 0. The van der Waals surface area contributed by atoms with E-state index in [1.807, 2.05) is 12.2 Å². The molecule has 0 saturated heterocycles. The molecule has 274 valence electrons. The van der Waals surface area contributed by atoms with Gasteiger partial charge in [-0.25, -0.2) is 4.70 Å². The normalized spacial score (nSPS) is 12.7. The fourth-order valence-corrected chi connectivity index (χ4v) is 7.92. The van der Waals surface area contributed by atoms with Gasteiger partial charge >= 0.3 is 53.1 Å². The van der Waals surface area contributed by atoms with E-state index in [9.17, 15) is 5.53 Å². The van der Waals surface area contributed by atoms with Crippen molar-refractivity contribution in [2.45, 2.75) is 167 Å². The van der Waals surface area contributed by atoms with Crippen molar-refractivity contribution < 1.29 is 22.7 Å². The predicted molar refractivity (Wildman–Crippen MR) is 214 cm³/mol. The zero-order valence-corrected chi connectivity index (χ0v) is 34.2. The van der Waals surface area contributed by atoms with Crippen molar-refractivity contribution in [3.8, 4) is 0 Å². The van der Waals surface area contributed by atoms with Gasteiger partial charge in [0.05, 0.1) is 0 Å². The van der Waals surface area contributed by atoms with Gasteiger partial charge in [-0.1, -0.05) is 91.4 Å². The maximum Gasteiger partial charge on any atom is 0.210 e. The van der Waals surface area contributed by atoms with Crippen LogP contribution in [0.3, 0.4) is 0 Å². The Balaban J connectivity index is 0.00000107. The van der Waals surface area contributed by atoms with Crippen LogP contribution >= 0.6 is 0 Å². The molecule has 2 aromatic rings. The second kappa shape index (κ2) is 24.8. The number of nitrogens with zero attached hydrogens (tertiary/aromatic N) is 2. The Morgan fingerprint density at radius 2 is 0.980 bits per heavy atom. The minimum atomic E-state index is 0.832. The molecule has 1 heterocycles. The minimum Gasteiger partial charge on any atom is -0.493 e. The summed E-state index contributed by atoms with van der Waals surface area (Å²) < 4.78 is 1.49. The number of hydrogen-bond donors (Lipinski definition) is 0. The van der Waals surface area contributed by atoms with Crippen LogP contribution in [0.5, 0.6) is 0 Å². The SMILES string of the molecule is C=C[CH2][Pd][CH2]C=C.CCCCCCCCc1c(C)cc(C2=CC(CCCC)=C(c3cc(C)c(CCCCCCCC)c(C)c3)[N+]2=[N-])cc1C. The fourth-order valence-electron chi connectivity index (χ4n) is 7.03. The van der Waals surface area contributed by atoms with Gasteiger partial charge in [0.15, 0.2) is 0 Å². The van der Waals surface area contributed by atoms with Crippen LogP contribution < -0.4 is 0 Å². The molecule has 2 nitrogen and oxygen atoms in total. The van der Waals surface area contributed by atoms with Gasteiger partial charge in [-0.15, -0.1) is 0 Å². The summed E-state index contributed by atoms with van der Waals surface area (Å²) in [6.45, 7) is 23.1. The van der Waals surface area contributed by atoms with Gasteiger partial charge in [0.2, 0.25) is 11.4 Å². The molecule has 0 radical (unpaired) electrons. The molecule has 0 saturated carbocycles. The number of unbranched alkanes of at least 4 members (excludes halogenated alkanes) is 11. The van der Waals surface area contributed by atoms with Crippen molar-refractivity contribution in [2.24, 2.45) is 0 Å². The molecular weight excluding hydrogens is 687 g/mol. The van der Waals surface area contributed by atoms with Gasteiger partial charge in [0.25, 0.3) is 0 Å². The Bertz CT molecular complexity index is 1340. The molecule has 0 aromatic heterocycles. The predicted octanol–water partition coefficient (Wildman–Crippen LogP) is 15.0. The average molecular weight is 757 g/mol. The Hall–Kier alpha value is -2.34. The molecule has 1 aliphatic rings. The van der Waals surface area contributed by atoms with E-state index in [-0.39, 0.29) is 0 Å². The van der Waals surface area contributed by atoms with Crippen LogP contribution in [0.25, 0.3) is 16.9 Å². The number of aryl methyl sites for hydroxylation is 4. The van der Waals surface area contributed by atoms with Crippen LogP contribution in [0.2, 0.25) is 9.79 Å². The first kappa shape index (κ1) is 42.8. The molecule has 0 unspecified atom stereocenters. The average Bonchev–Trinajstić information content (AvgIpc) is 3.41. The summed E-state index contributed by atoms with van der Waals surface area (Å²) in [7, 11) is 0. The van der Waals surface area contributed by atoms with Crippen LogP contribution in [-0.4, -0.2) is 4.70 Å². The van der Waals surface area contributed by atoms with Crippen molar-refractivity contribution in [2.75, 3.05) is 0 Å². The van der Waals surface area contributed by atoms with E-state index in [1.54, 1.807) is 0 Å². The fraction of sp³-hybridized carbons (Fsp3) is 0.565. The first-order valence-corrected chi connectivity index (χ1v) is 21.7. The van der Waals surface area contributed by atoms with E-state index in [1.165, 1.54) is 130 Å². The maximum absolute atomic E-state index is 11.7. The van der Waals surface area contributed by atoms with Crippen molar-refractivity contribution >= 4 is 11.4 Å². The number of rotatable bonds is 23. The molecule has 0 atom stereocenters. The summed E-state index contributed by atoms with van der Waals surface area (Å²) in [5.74, 6) is 0. The molecule has 0 bridgehead atoms. The van der Waals surface area contributed by atoms with Crippen molar-refractivity contribution in [3.05, 3.63) is 111 Å². The molecule has 0 amide bonds. The second-order valence-corrected chi connectivity index (χ2v) is 16.1. The van der Waals surface area contributed by atoms with Gasteiger partial charge < -0.3 is 5.53 Å². The van der Waals surface area contributed by atoms with Gasteiger partial charge in [-0.2, -0.15) is 0 Å². The Kier molecular flexibility index (Phi) is 21.6. The van der Waals surface area contributed by atoms with Crippen LogP contribution in [0.4, 0.5) is 0 Å². The Morgan fingerprint density at radius 3 is 1.41 bits per heavy atom. The van der Waals surface area contributed by atoms with E-state index in [0.29, 0.717) is 0 Å². The van der Waals surface area contributed by atoms with Crippen LogP contribution in [0.15, 0.2) is 61.2 Å². The minimum absolute atomic E-state index is 0.832. The van der Waals surface area contributed by atoms with E-state index < -0.39 is 0 Å². The van der Waals surface area contributed by atoms with Crippen LogP contribution in [0.1, 0.15) is 162 Å². The van der Waals surface area contributed by atoms with Crippen LogP contribution in [-0.2, 0) is 30.8 Å². The van der Waals surface area contributed by atoms with E-state index in [4.69, 9.17) is 0 Å². The molecule has 49 heavy (non-hydrogen) atoms. The molecule has 3 rings (SSSR count). The van der Waals surface area contributed by atoms with Crippen molar-refractivity contribution in [3.63, 3.8) is 0 Å². The third-order valence-electron chi connectivity index (χ3n) is 9.74. The molecule has 0 N–H and O–H groups in total. The number of allylic oxidation sites excluding steroid dienone is 4. The van der Waals surface area contributed by atoms with E-state index >= 15 is 0 Å². The first-order chi connectivity index (χ1) is 23.7. The topological polar surface area (TPSA) is 25.3 Å². The zero-order chi connectivity index (χ0) is 36.0. The summed E-state index contributed by atoms with van der Waals surface area (Å²) in [5.41, 5.74) is 25.5. The van der Waals surface area contributed by atoms with Gasteiger partial charge in [0.1, 0.15) is 0 Å². The quantitative estimate of drug-likeness (QED) is 0.0467. The molecule has 0 aliphatic carbocycles. The number of benzene rings is 2. The summed E-state index contributed by atoms with van der Waals surface area (Å²) in [6, 6.07) is 9.24. The molecule has 0 fully saturated rings. The third-order valence-corrected chi connectivity index (χ3v) is 11.5. The Morgan fingerprint density at radius 1 is 0.571 bits per heavy atom. The summed E-state index contributed by atoms with van der Waals surface area (Å²) in [4.78, 5) is 2.33. The first-order valence-electron chi connectivity index (χ1n) is 19.5. The third kappa shape index (κ3) is 14.4. The smallest absolute Gasteiger partial charge is 0.210 e. The van der Waals surface area contributed by atoms with Gasteiger partial charge in [-0.05, 0) is 124 Å². The van der Waals surface area contributed by atoms with Crippen molar-refractivity contribution in [1.82, 2.24) is 0 Å². The monoisotopic (exact) mass is 756 g/mol. The van der Waals surface area contributed by atoms with E-state index in [0.717, 1.165) is 72.6 Å². The maximum atomic E-state index is 11.7. The summed E-state index contributed by atoms with van der Waals surface area (Å²) in [6.07, 6.45) is 27.7. The van der Waals surface area contributed by atoms with Crippen LogP contribution in [0, 0.1) is 27.7 Å². The summed E-state index contributed by atoms with van der Waals surface area (Å²) in [5, 5.41) is 0. The molecule has 1 aliphatic heterocycles. The Labute approximate surface area is 311 Å². The van der Waals surface area contributed by atoms with Crippen molar-refractivity contribution in [1.29, 1.82) is 0 Å². The largest absolute Gasteiger partial charge is 0.493 e. The molecule has 2 aromatic carbocycles. The molecular formula is C46H70N2Pd.